The van der Waals surface area contributed by atoms with E-state index in [1.165, 1.54) is 83.3 Å². The van der Waals surface area contributed by atoms with Crippen LogP contribution in [-0.4, -0.2) is 9.55 Å². The molecule has 40 heavy (non-hydrogen) atoms. The second kappa shape index (κ2) is 7.67. The molecule has 0 fully saturated rings. The highest BCUT2D eigenvalue weighted by Gasteiger charge is 2.25. The zero-order valence-corrected chi connectivity index (χ0v) is 23.5. The van der Waals surface area contributed by atoms with Gasteiger partial charge >= 0.3 is 0 Å². The van der Waals surface area contributed by atoms with Crippen LogP contribution < -0.4 is 0 Å². The second-order valence-corrected chi connectivity index (χ2v) is 13.4. The van der Waals surface area contributed by atoms with E-state index in [1.54, 1.807) is 0 Å². The molecule has 186 valence electrons. The average Bonchev–Trinajstić information content (AvgIpc) is 3.75. The van der Waals surface area contributed by atoms with E-state index in [9.17, 15) is 0 Å². The number of rotatable bonds is 1. The molecule has 5 aromatic carbocycles. The van der Waals surface area contributed by atoms with Crippen LogP contribution in [0.1, 0.15) is 0 Å². The summed E-state index contributed by atoms with van der Waals surface area (Å²) in [6, 6.07) is 37.8. The van der Waals surface area contributed by atoms with Gasteiger partial charge in [-0.2, -0.15) is 0 Å². The SMILES string of the molecule is c1ccc2c(c1)sc1c(-n3c4ccccc4c4c5c6ccccc6sc5c5c6cccnc6sc5c43)cccc12. The largest absolute Gasteiger partial charge is 0.306 e. The first kappa shape index (κ1) is 21.5. The molecule has 5 heterocycles. The second-order valence-electron chi connectivity index (χ2n) is 10.3. The van der Waals surface area contributed by atoms with Gasteiger partial charge in [-0.25, -0.2) is 4.98 Å². The summed E-state index contributed by atoms with van der Waals surface area (Å²) >= 11 is 5.64. The van der Waals surface area contributed by atoms with E-state index < -0.39 is 0 Å². The summed E-state index contributed by atoms with van der Waals surface area (Å²) < 4.78 is 9.22. The van der Waals surface area contributed by atoms with Gasteiger partial charge in [-0.3, -0.25) is 0 Å². The topological polar surface area (TPSA) is 17.8 Å². The lowest BCUT2D eigenvalue weighted by atomic mass is 10.0. The Bertz CT molecular complexity index is 2660. The van der Waals surface area contributed by atoms with Gasteiger partial charge in [-0.15, -0.1) is 34.0 Å². The smallest absolute Gasteiger partial charge is 0.124 e. The van der Waals surface area contributed by atoms with Crippen LogP contribution in [-0.2, 0) is 0 Å². The number of pyridine rings is 1. The van der Waals surface area contributed by atoms with Crippen LogP contribution in [0.2, 0.25) is 0 Å². The first-order valence-electron chi connectivity index (χ1n) is 13.3. The molecule has 0 amide bonds. The van der Waals surface area contributed by atoms with E-state index in [-0.39, 0.29) is 0 Å². The number of fused-ring (bicyclic) bond motifs is 15. The van der Waals surface area contributed by atoms with Crippen molar-refractivity contribution in [1.29, 1.82) is 0 Å². The Kier molecular flexibility index (Phi) is 4.13. The molecule has 0 unspecified atom stereocenters. The van der Waals surface area contributed by atoms with Gasteiger partial charge in [0.05, 0.1) is 26.1 Å². The van der Waals surface area contributed by atoms with Crippen molar-refractivity contribution in [2.75, 3.05) is 0 Å². The van der Waals surface area contributed by atoms with Crippen molar-refractivity contribution < 1.29 is 0 Å². The predicted molar refractivity (Wildman–Crippen MR) is 177 cm³/mol. The average molecular weight is 563 g/mol. The lowest BCUT2D eigenvalue weighted by molar-refractivity contribution is 1.21. The van der Waals surface area contributed by atoms with Crippen molar-refractivity contribution in [2.45, 2.75) is 0 Å². The summed E-state index contributed by atoms with van der Waals surface area (Å²) in [6.07, 6.45) is 1.92. The summed E-state index contributed by atoms with van der Waals surface area (Å²) in [6.45, 7) is 0. The monoisotopic (exact) mass is 562 g/mol. The lowest BCUT2D eigenvalue weighted by Crippen LogP contribution is -1.94. The standard InChI is InChI=1S/C35H18N2S3/c1-4-14-24-21(10-1)28-29-22-11-3-6-17-27(22)39-33(29)30-23-13-8-18-36-35(23)40-34(30)31(28)37(24)25-15-7-12-20-19-9-2-5-16-26(19)38-32(20)25/h1-18H. The Hall–Kier alpha value is -4.29. The molecular weight excluding hydrogens is 545 g/mol. The fraction of sp³-hybridized carbons (Fsp3) is 0. The van der Waals surface area contributed by atoms with Gasteiger partial charge < -0.3 is 4.57 Å². The minimum absolute atomic E-state index is 1.10. The molecular formula is C35H18N2S3. The summed E-state index contributed by atoms with van der Waals surface area (Å²) in [5.74, 6) is 0. The van der Waals surface area contributed by atoms with E-state index in [0.717, 1.165) is 4.83 Å². The Balaban J connectivity index is 1.55. The van der Waals surface area contributed by atoms with Gasteiger partial charge in [0, 0.05) is 63.4 Å². The summed E-state index contributed by atoms with van der Waals surface area (Å²) in [4.78, 5) is 5.93. The maximum atomic E-state index is 4.84. The van der Waals surface area contributed by atoms with Gasteiger partial charge in [0.25, 0.3) is 0 Å². The third kappa shape index (κ3) is 2.60. The van der Waals surface area contributed by atoms with Crippen molar-refractivity contribution in [3.05, 3.63) is 109 Å². The predicted octanol–water partition coefficient (Wildman–Crippen LogP) is 11.3. The van der Waals surface area contributed by atoms with Crippen LogP contribution in [0.25, 0.3) is 88.1 Å². The molecule has 0 radical (unpaired) electrons. The maximum Gasteiger partial charge on any atom is 0.124 e. The fourth-order valence-corrected chi connectivity index (χ4v) is 10.4. The molecule has 0 aliphatic rings. The summed E-state index contributed by atoms with van der Waals surface area (Å²) in [5.41, 5.74) is 3.78. The Morgan fingerprint density at radius 2 is 1.18 bits per heavy atom. The van der Waals surface area contributed by atoms with Crippen LogP contribution in [0, 0.1) is 0 Å². The lowest BCUT2D eigenvalue weighted by Gasteiger charge is -2.10. The highest BCUT2D eigenvalue weighted by molar-refractivity contribution is 7.30. The molecule has 0 aliphatic heterocycles. The van der Waals surface area contributed by atoms with Crippen molar-refractivity contribution >= 4 is 116 Å². The van der Waals surface area contributed by atoms with Crippen LogP contribution in [0.4, 0.5) is 0 Å². The number of aromatic nitrogens is 2. The maximum absolute atomic E-state index is 4.84. The van der Waals surface area contributed by atoms with Crippen molar-refractivity contribution in [3.8, 4) is 5.69 Å². The molecule has 2 nitrogen and oxygen atoms in total. The summed E-state index contributed by atoms with van der Waals surface area (Å²) in [5, 5.41) is 10.6. The fourth-order valence-electron chi connectivity index (χ4n) is 6.66. The van der Waals surface area contributed by atoms with Crippen molar-refractivity contribution in [1.82, 2.24) is 9.55 Å². The highest BCUT2D eigenvalue weighted by Crippen LogP contribution is 2.52. The number of thiophene rings is 3. The van der Waals surface area contributed by atoms with Gasteiger partial charge in [0.15, 0.2) is 0 Å². The zero-order valence-electron chi connectivity index (χ0n) is 21.0. The quantitative estimate of drug-likeness (QED) is 0.195. The van der Waals surface area contributed by atoms with Gasteiger partial charge in [-0.1, -0.05) is 66.7 Å². The third-order valence-corrected chi connectivity index (χ3v) is 11.8. The molecule has 0 saturated heterocycles. The first-order valence-corrected chi connectivity index (χ1v) is 15.8. The molecule has 10 rings (SSSR count). The molecule has 0 atom stereocenters. The molecule has 0 spiro atoms. The summed E-state index contributed by atoms with van der Waals surface area (Å²) in [7, 11) is 0. The first-order chi connectivity index (χ1) is 19.9. The minimum atomic E-state index is 1.10. The number of hydrogen-bond acceptors (Lipinski definition) is 4. The van der Waals surface area contributed by atoms with Crippen LogP contribution in [0.3, 0.4) is 0 Å². The normalized spacial score (nSPS) is 12.5. The number of nitrogens with zero attached hydrogens (tertiary/aromatic N) is 2. The minimum Gasteiger partial charge on any atom is -0.306 e. The molecule has 5 heteroatoms. The van der Waals surface area contributed by atoms with Crippen LogP contribution >= 0.6 is 34.0 Å². The number of hydrogen-bond donors (Lipinski definition) is 0. The Morgan fingerprint density at radius 1 is 0.475 bits per heavy atom. The van der Waals surface area contributed by atoms with Crippen molar-refractivity contribution in [2.24, 2.45) is 0 Å². The zero-order chi connectivity index (χ0) is 25.9. The van der Waals surface area contributed by atoms with E-state index in [0.29, 0.717) is 0 Å². The van der Waals surface area contributed by atoms with Gasteiger partial charge in [0.2, 0.25) is 0 Å². The highest BCUT2D eigenvalue weighted by atomic mass is 32.1. The molecule has 0 saturated carbocycles. The van der Waals surface area contributed by atoms with Gasteiger partial charge in [0.1, 0.15) is 4.83 Å². The Morgan fingerprint density at radius 3 is 2.08 bits per heavy atom. The molecule has 10 aromatic rings. The molecule has 5 aromatic heterocycles. The third-order valence-electron chi connectivity index (χ3n) is 8.25. The number of para-hydroxylation sites is 1. The van der Waals surface area contributed by atoms with E-state index in [4.69, 9.17) is 4.98 Å². The van der Waals surface area contributed by atoms with E-state index in [1.807, 2.05) is 40.2 Å². The Labute approximate surface area is 240 Å². The van der Waals surface area contributed by atoms with Gasteiger partial charge in [-0.05, 0) is 36.4 Å². The van der Waals surface area contributed by atoms with Crippen molar-refractivity contribution in [3.63, 3.8) is 0 Å². The van der Waals surface area contributed by atoms with Crippen LogP contribution in [0.15, 0.2) is 109 Å². The van der Waals surface area contributed by atoms with E-state index >= 15 is 0 Å². The van der Waals surface area contributed by atoms with E-state index in [2.05, 4.69) is 108 Å². The number of benzene rings is 5. The van der Waals surface area contributed by atoms with Crippen LogP contribution in [0.5, 0.6) is 0 Å². The molecule has 0 aliphatic carbocycles. The molecule has 0 bridgehead atoms. The molecule has 0 N–H and O–H groups in total.